The second-order valence-corrected chi connectivity index (χ2v) is 9.28. The standard InChI is InChI=1S/C17H22N2O4S2/c1-25(22,23)19-8-6-12(7-9-19)17(21)18-10-15(20)14-11-24-16-5-3-2-4-13(14)16/h2-5,11-12,15,20H,6-10H2,1H3,(H,18,21). The minimum atomic E-state index is -3.19. The number of carbonyl (C=O) groups is 1. The van der Waals surface area contributed by atoms with Crippen molar-refractivity contribution in [3.8, 4) is 0 Å². The van der Waals surface area contributed by atoms with Crippen LogP contribution in [0.5, 0.6) is 0 Å². The Labute approximate surface area is 151 Å². The first kappa shape index (κ1) is 18.3. The Kier molecular flexibility index (Phi) is 5.43. The predicted octanol–water partition coefficient (Wildman–Crippen LogP) is 1.72. The summed E-state index contributed by atoms with van der Waals surface area (Å²) in [7, 11) is -3.19. The number of carbonyl (C=O) groups excluding carboxylic acids is 1. The number of hydrogen-bond acceptors (Lipinski definition) is 5. The smallest absolute Gasteiger partial charge is 0.223 e. The second kappa shape index (κ2) is 7.41. The van der Waals surface area contributed by atoms with Crippen LogP contribution >= 0.6 is 11.3 Å². The van der Waals surface area contributed by atoms with E-state index in [2.05, 4.69) is 5.32 Å². The van der Waals surface area contributed by atoms with Gasteiger partial charge in [0.1, 0.15) is 0 Å². The first-order valence-corrected chi connectivity index (χ1v) is 11.0. The van der Waals surface area contributed by atoms with Gasteiger partial charge in [0.25, 0.3) is 0 Å². The van der Waals surface area contributed by atoms with Gasteiger partial charge < -0.3 is 10.4 Å². The lowest BCUT2D eigenvalue weighted by molar-refractivity contribution is -0.126. The SMILES string of the molecule is CS(=O)(=O)N1CCC(C(=O)NCC(O)c2csc3ccccc23)CC1. The highest BCUT2D eigenvalue weighted by molar-refractivity contribution is 7.88. The molecule has 25 heavy (non-hydrogen) atoms. The summed E-state index contributed by atoms with van der Waals surface area (Å²) >= 11 is 1.57. The molecule has 1 amide bonds. The molecule has 2 aromatic rings. The van der Waals surface area contributed by atoms with Gasteiger partial charge in [0.15, 0.2) is 0 Å². The number of thiophene rings is 1. The zero-order chi connectivity index (χ0) is 18.0. The second-order valence-electron chi connectivity index (χ2n) is 6.38. The van der Waals surface area contributed by atoms with Crippen molar-refractivity contribution in [1.29, 1.82) is 0 Å². The highest BCUT2D eigenvalue weighted by Crippen LogP contribution is 2.30. The van der Waals surface area contributed by atoms with Crippen molar-refractivity contribution in [2.75, 3.05) is 25.9 Å². The molecule has 8 heteroatoms. The number of sulfonamides is 1. The van der Waals surface area contributed by atoms with E-state index in [0.717, 1.165) is 15.6 Å². The number of aliphatic hydroxyl groups is 1. The summed E-state index contributed by atoms with van der Waals surface area (Å²) in [5, 5.41) is 16.1. The van der Waals surface area contributed by atoms with Crippen LogP contribution < -0.4 is 5.32 Å². The Hall–Kier alpha value is -1.48. The van der Waals surface area contributed by atoms with E-state index >= 15 is 0 Å². The Morgan fingerprint density at radius 2 is 2.04 bits per heavy atom. The normalized spacial score (nSPS) is 18.3. The van der Waals surface area contributed by atoms with Gasteiger partial charge in [-0.3, -0.25) is 4.79 Å². The summed E-state index contributed by atoms with van der Waals surface area (Å²) in [6, 6.07) is 7.86. The third-order valence-corrected chi connectivity index (χ3v) is 6.92. The van der Waals surface area contributed by atoms with Crippen molar-refractivity contribution in [2.45, 2.75) is 18.9 Å². The predicted molar refractivity (Wildman–Crippen MR) is 98.9 cm³/mol. The number of nitrogens with zero attached hydrogens (tertiary/aromatic N) is 1. The molecule has 0 saturated carbocycles. The first-order chi connectivity index (χ1) is 11.9. The van der Waals surface area contributed by atoms with E-state index in [9.17, 15) is 18.3 Å². The molecule has 1 unspecified atom stereocenters. The molecule has 1 aromatic heterocycles. The van der Waals surface area contributed by atoms with E-state index in [1.165, 1.54) is 10.6 Å². The zero-order valence-electron chi connectivity index (χ0n) is 14.0. The lowest BCUT2D eigenvalue weighted by Crippen LogP contribution is -2.43. The van der Waals surface area contributed by atoms with Crippen molar-refractivity contribution in [3.05, 3.63) is 35.2 Å². The molecule has 1 fully saturated rings. The number of aliphatic hydroxyl groups excluding tert-OH is 1. The van der Waals surface area contributed by atoms with Gasteiger partial charge in [-0.05, 0) is 29.7 Å². The lowest BCUT2D eigenvalue weighted by Gasteiger charge is -2.29. The van der Waals surface area contributed by atoms with Gasteiger partial charge >= 0.3 is 0 Å². The van der Waals surface area contributed by atoms with Crippen LogP contribution in [0.1, 0.15) is 24.5 Å². The fraction of sp³-hybridized carbons (Fsp3) is 0.471. The quantitative estimate of drug-likeness (QED) is 0.824. The number of nitrogens with one attached hydrogen (secondary N) is 1. The van der Waals surface area contributed by atoms with E-state index in [4.69, 9.17) is 0 Å². The molecule has 6 nitrogen and oxygen atoms in total. The van der Waals surface area contributed by atoms with Crippen molar-refractivity contribution in [3.63, 3.8) is 0 Å². The minimum Gasteiger partial charge on any atom is -0.387 e. The maximum atomic E-state index is 12.3. The average molecular weight is 383 g/mol. The van der Waals surface area contributed by atoms with Gasteiger partial charge in [0.2, 0.25) is 15.9 Å². The largest absolute Gasteiger partial charge is 0.387 e. The monoisotopic (exact) mass is 382 g/mol. The maximum Gasteiger partial charge on any atom is 0.223 e. The molecule has 1 atom stereocenters. The number of hydrogen-bond donors (Lipinski definition) is 2. The Morgan fingerprint density at radius 1 is 1.36 bits per heavy atom. The van der Waals surface area contributed by atoms with Gasteiger partial charge in [0, 0.05) is 35.8 Å². The topological polar surface area (TPSA) is 86.7 Å². The van der Waals surface area contributed by atoms with E-state index in [0.29, 0.717) is 25.9 Å². The Morgan fingerprint density at radius 3 is 2.72 bits per heavy atom. The third-order valence-electron chi connectivity index (χ3n) is 4.63. The summed E-state index contributed by atoms with van der Waals surface area (Å²) in [6.45, 7) is 0.898. The van der Waals surface area contributed by atoms with Gasteiger partial charge in [-0.25, -0.2) is 12.7 Å². The number of fused-ring (bicyclic) bond motifs is 1. The molecule has 1 aromatic carbocycles. The van der Waals surface area contributed by atoms with E-state index in [1.807, 2.05) is 29.6 Å². The van der Waals surface area contributed by atoms with E-state index in [1.54, 1.807) is 11.3 Å². The van der Waals surface area contributed by atoms with Gasteiger partial charge in [-0.2, -0.15) is 0 Å². The fourth-order valence-corrected chi connectivity index (χ4v) is 5.04. The molecule has 1 saturated heterocycles. The molecule has 0 aliphatic carbocycles. The van der Waals surface area contributed by atoms with Gasteiger partial charge in [-0.1, -0.05) is 18.2 Å². The molecule has 2 N–H and O–H groups in total. The third kappa shape index (κ3) is 4.20. The summed E-state index contributed by atoms with van der Waals surface area (Å²) in [6.07, 6.45) is 1.46. The first-order valence-electron chi connectivity index (χ1n) is 8.23. The van der Waals surface area contributed by atoms with Crippen LogP contribution in [0.3, 0.4) is 0 Å². The van der Waals surface area contributed by atoms with Crippen molar-refractivity contribution in [2.24, 2.45) is 5.92 Å². The van der Waals surface area contributed by atoms with E-state index < -0.39 is 16.1 Å². The van der Waals surface area contributed by atoms with Gasteiger partial charge in [0.05, 0.1) is 12.4 Å². The summed E-state index contributed by atoms with van der Waals surface area (Å²) in [4.78, 5) is 12.3. The Balaban J connectivity index is 1.54. The Bertz CT molecular complexity index is 854. The molecule has 1 aliphatic rings. The minimum absolute atomic E-state index is 0.119. The molecule has 0 spiro atoms. The van der Waals surface area contributed by atoms with Gasteiger partial charge in [-0.15, -0.1) is 11.3 Å². The molecule has 136 valence electrons. The van der Waals surface area contributed by atoms with E-state index in [-0.39, 0.29) is 18.4 Å². The summed E-state index contributed by atoms with van der Waals surface area (Å²) < 4.78 is 25.5. The molecular weight excluding hydrogens is 360 g/mol. The molecule has 3 rings (SSSR count). The van der Waals surface area contributed by atoms with Crippen molar-refractivity contribution in [1.82, 2.24) is 9.62 Å². The molecule has 1 aliphatic heterocycles. The number of piperidine rings is 1. The fourth-order valence-electron chi connectivity index (χ4n) is 3.16. The molecule has 0 radical (unpaired) electrons. The number of rotatable bonds is 5. The lowest BCUT2D eigenvalue weighted by atomic mass is 9.97. The van der Waals surface area contributed by atoms with Crippen LogP contribution in [0.2, 0.25) is 0 Å². The van der Waals surface area contributed by atoms with Crippen LogP contribution in [0, 0.1) is 5.92 Å². The number of benzene rings is 1. The van der Waals surface area contributed by atoms with Crippen LogP contribution in [0.4, 0.5) is 0 Å². The molecular formula is C17H22N2O4S2. The molecule has 0 bridgehead atoms. The van der Waals surface area contributed by atoms with Crippen LogP contribution in [0.25, 0.3) is 10.1 Å². The average Bonchev–Trinajstić information content (AvgIpc) is 3.03. The zero-order valence-corrected chi connectivity index (χ0v) is 15.6. The van der Waals surface area contributed by atoms with Crippen molar-refractivity contribution < 1.29 is 18.3 Å². The van der Waals surface area contributed by atoms with Crippen LogP contribution in [-0.2, 0) is 14.8 Å². The number of amides is 1. The maximum absolute atomic E-state index is 12.3. The highest BCUT2D eigenvalue weighted by atomic mass is 32.2. The molecule has 2 heterocycles. The van der Waals surface area contributed by atoms with Crippen LogP contribution in [-0.4, -0.2) is 49.6 Å². The highest BCUT2D eigenvalue weighted by Gasteiger charge is 2.29. The summed E-state index contributed by atoms with van der Waals surface area (Å²) in [5.74, 6) is -0.323. The van der Waals surface area contributed by atoms with Crippen molar-refractivity contribution >= 4 is 37.4 Å². The van der Waals surface area contributed by atoms with Crippen LogP contribution in [0.15, 0.2) is 29.6 Å². The summed E-state index contributed by atoms with van der Waals surface area (Å²) in [5.41, 5.74) is 0.827.